The van der Waals surface area contributed by atoms with E-state index < -0.39 is 0 Å². The number of rotatable bonds is 3. The van der Waals surface area contributed by atoms with Crippen LogP contribution in [-0.4, -0.2) is 19.2 Å². The Hall–Kier alpha value is -2.69. The number of Topliss-reactive ketones (excluding diaryl/α,β-unsaturated/α-hetero) is 1. The van der Waals surface area contributed by atoms with Crippen molar-refractivity contribution in [1.82, 2.24) is 0 Å². The molecule has 2 aromatic rings. The van der Waals surface area contributed by atoms with E-state index in [9.17, 15) is 4.79 Å². The van der Waals surface area contributed by atoms with Gasteiger partial charge in [-0.15, -0.1) is 0 Å². The highest BCUT2D eigenvalue weighted by Gasteiger charge is 2.31. The Bertz CT molecular complexity index is 874. The molecule has 130 valence electrons. The van der Waals surface area contributed by atoms with Crippen LogP contribution in [0.5, 0.6) is 11.5 Å². The van der Waals surface area contributed by atoms with Gasteiger partial charge in [-0.05, 0) is 44.5 Å². The minimum absolute atomic E-state index is 0.0676. The molecule has 5 nitrogen and oxygen atoms in total. The zero-order valence-corrected chi connectivity index (χ0v) is 14.5. The van der Waals surface area contributed by atoms with Gasteiger partial charge in [-0.3, -0.25) is 4.79 Å². The molecule has 0 radical (unpaired) electrons. The summed E-state index contributed by atoms with van der Waals surface area (Å²) >= 11 is 0. The molecule has 4 rings (SSSR count). The lowest BCUT2D eigenvalue weighted by Crippen LogP contribution is -2.05. The first-order chi connectivity index (χ1) is 12.1. The van der Waals surface area contributed by atoms with Crippen molar-refractivity contribution in [3.05, 3.63) is 52.5 Å². The summed E-state index contributed by atoms with van der Waals surface area (Å²) in [6.45, 7) is 6.39. The van der Waals surface area contributed by atoms with Crippen molar-refractivity contribution in [2.75, 3.05) is 13.4 Å². The predicted molar refractivity (Wildman–Crippen MR) is 92.0 cm³/mol. The Morgan fingerprint density at radius 3 is 2.68 bits per heavy atom. The maximum Gasteiger partial charge on any atom is 0.231 e. The van der Waals surface area contributed by atoms with Gasteiger partial charge in [0.1, 0.15) is 17.3 Å². The molecule has 0 spiro atoms. The zero-order chi connectivity index (χ0) is 17.6. The minimum Gasteiger partial charge on any atom is -0.493 e. The monoisotopic (exact) mass is 340 g/mol. The van der Waals surface area contributed by atoms with Gasteiger partial charge in [-0.1, -0.05) is 6.07 Å². The Morgan fingerprint density at radius 2 is 1.88 bits per heavy atom. The molecule has 0 unspecified atom stereocenters. The first kappa shape index (κ1) is 15.8. The van der Waals surface area contributed by atoms with Gasteiger partial charge >= 0.3 is 0 Å². The molecule has 2 heterocycles. The number of carbonyl (C=O) groups is 1. The molecule has 25 heavy (non-hydrogen) atoms. The summed E-state index contributed by atoms with van der Waals surface area (Å²) < 4.78 is 22.4. The lowest BCUT2D eigenvalue weighted by molar-refractivity contribution is 0.0977. The molecule has 1 aliphatic heterocycles. The molecule has 2 aliphatic rings. The van der Waals surface area contributed by atoms with Gasteiger partial charge in [-0.2, -0.15) is 0 Å². The predicted octanol–water partition coefficient (Wildman–Crippen LogP) is 4.37. The van der Waals surface area contributed by atoms with E-state index in [2.05, 4.69) is 0 Å². The number of hydrogen-bond acceptors (Lipinski definition) is 5. The fraction of sp³-hybridized carbons (Fsp3) is 0.350. The largest absolute Gasteiger partial charge is 0.493 e. The normalized spacial score (nSPS) is 18.6. The number of benzene rings is 1. The molecule has 1 atom stereocenters. The van der Waals surface area contributed by atoms with Gasteiger partial charge in [-0.25, -0.2) is 0 Å². The van der Waals surface area contributed by atoms with Crippen LogP contribution in [0.2, 0.25) is 0 Å². The summed E-state index contributed by atoms with van der Waals surface area (Å²) in [6.07, 6.45) is 2.38. The van der Waals surface area contributed by atoms with Crippen LogP contribution >= 0.6 is 0 Å². The van der Waals surface area contributed by atoms with E-state index in [1.165, 1.54) is 0 Å². The summed E-state index contributed by atoms with van der Waals surface area (Å²) in [5.74, 6) is 3.50. The third-order valence-corrected chi connectivity index (χ3v) is 4.67. The Balaban J connectivity index is 1.80. The molecule has 1 aromatic carbocycles. The van der Waals surface area contributed by atoms with Crippen molar-refractivity contribution >= 4 is 11.5 Å². The van der Waals surface area contributed by atoms with E-state index in [0.29, 0.717) is 35.9 Å². The second-order valence-corrected chi connectivity index (χ2v) is 6.27. The van der Waals surface area contributed by atoms with Crippen molar-refractivity contribution in [2.45, 2.75) is 33.1 Å². The van der Waals surface area contributed by atoms with Gasteiger partial charge in [0.05, 0.1) is 17.7 Å². The smallest absolute Gasteiger partial charge is 0.231 e. The van der Waals surface area contributed by atoms with Gasteiger partial charge in [0.2, 0.25) is 6.79 Å². The van der Waals surface area contributed by atoms with Crippen LogP contribution in [0.3, 0.4) is 0 Å². The van der Waals surface area contributed by atoms with Crippen LogP contribution in [-0.2, 0) is 4.74 Å². The lowest BCUT2D eigenvalue weighted by Gasteiger charge is -2.13. The number of allylic oxidation sites excluding steroid dienone is 1. The maximum absolute atomic E-state index is 12.9. The average molecular weight is 340 g/mol. The molecule has 5 heteroatoms. The van der Waals surface area contributed by atoms with E-state index in [1.54, 1.807) is 0 Å². The van der Waals surface area contributed by atoms with E-state index in [-0.39, 0.29) is 18.5 Å². The van der Waals surface area contributed by atoms with Crippen LogP contribution in [0.4, 0.5) is 0 Å². The van der Waals surface area contributed by atoms with Gasteiger partial charge < -0.3 is 18.6 Å². The van der Waals surface area contributed by atoms with Gasteiger partial charge in [0.15, 0.2) is 17.3 Å². The number of hydrogen-bond donors (Lipinski definition) is 0. The minimum atomic E-state index is -0.0882. The fourth-order valence-electron chi connectivity index (χ4n) is 3.58. The van der Waals surface area contributed by atoms with E-state index in [1.807, 2.05) is 45.0 Å². The highest BCUT2D eigenvalue weighted by atomic mass is 16.7. The highest BCUT2D eigenvalue weighted by molar-refractivity contribution is 6.03. The van der Waals surface area contributed by atoms with Crippen LogP contribution < -0.4 is 9.47 Å². The molecular formula is C20H20O5. The molecule has 0 N–H and O–H groups in total. The molecule has 0 saturated carbocycles. The average Bonchev–Trinajstić information content (AvgIpc) is 3.12. The summed E-state index contributed by atoms with van der Waals surface area (Å²) in [6, 6.07) is 5.81. The third-order valence-electron chi connectivity index (χ3n) is 4.67. The first-order valence-corrected chi connectivity index (χ1v) is 8.46. The molecule has 1 aromatic heterocycles. The fourth-order valence-corrected chi connectivity index (χ4v) is 3.58. The molecule has 0 fully saturated rings. The molecular weight excluding hydrogens is 320 g/mol. The first-order valence-electron chi connectivity index (χ1n) is 8.46. The Labute approximate surface area is 146 Å². The van der Waals surface area contributed by atoms with Crippen molar-refractivity contribution in [1.29, 1.82) is 0 Å². The summed E-state index contributed by atoms with van der Waals surface area (Å²) in [4.78, 5) is 12.9. The van der Waals surface area contributed by atoms with E-state index in [0.717, 1.165) is 22.6 Å². The van der Waals surface area contributed by atoms with Crippen molar-refractivity contribution in [3.8, 4) is 11.5 Å². The number of aryl methyl sites for hydroxylation is 2. The highest BCUT2D eigenvalue weighted by Crippen LogP contribution is 2.41. The van der Waals surface area contributed by atoms with E-state index in [4.69, 9.17) is 18.6 Å². The molecule has 0 amide bonds. The second kappa shape index (κ2) is 5.99. The lowest BCUT2D eigenvalue weighted by atomic mass is 9.92. The van der Waals surface area contributed by atoms with Crippen molar-refractivity contribution < 1.29 is 23.4 Å². The quantitative estimate of drug-likeness (QED) is 0.830. The molecule has 0 saturated heterocycles. The van der Waals surface area contributed by atoms with Gasteiger partial charge in [0, 0.05) is 12.3 Å². The van der Waals surface area contributed by atoms with Crippen LogP contribution in [0.25, 0.3) is 5.76 Å². The van der Waals surface area contributed by atoms with Crippen molar-refractivity contribution in [3.63, 3.8) is 0 Å². The SMILES string of the molecule is CCOC1=C[C@@H](c2ccc3c(c2)OCO3)CC(=O)c2c(C)oc(C)c21. The molecule has 0 bridgehead atoms. The maximum atomic E-state index is 12.9. The Morgan fingerprint density at radius 1 is 1.12 bits per heavy atom. The number of furan rings is 1. The van der Waals surface area contributed by atoms with Crippen LogP contribution in [0.15, 0.2) is 28.7 Å². The number of ether oxygens (including phenoxy) is 3. The van der Waals surface area contributed by atoms with E-state index >= 15 is 0 Å². The van der Waals surface area contributed by atoms with Gasteiger partial charge in [0.25, 0.3) is 0 Å². The van der Waals surface area contributed by atoms with Crippen LogP contribution in [0, 0.1) is 13.8 Å². The number of ketones is 1. The van der Waals surface area contributed by atoms with Crippen LogP contribution in [0.1, 0.15) is 52.3 Å². The number of carbonyl (C=O) groups excluding carboxylic acids is 1. The summed E-state index contributed by atoms with van der Waals surface area (Å²) in [5.41, 5.74) is 2.43. The summed E-state index contributed by atoms with van der Waals surface area (Å²) in [7, 11) is 0. The zero-order valence-electron chi connectivity index (χ0n) is 14.5. The van der Waals surface area contributed by atoms with Crippen molar-refractivity contribution in [2.24, 2.45) is 0 Å². The topological polar surface area (TPSA) is 57.9 Å². The third kappa shape index (κ3) is 2.60. The Kier molecular flexibility index (Phi) is 3.79. The number of fused-ring (bicyclic) bond motifs is 2. The molecule has 1 aliphatic carbocycles. The standard InChI is InChI=1S/C20H20O5/c1-4-22-18-9-14(13-5-6-16-17(8-13)24-10-23-16)7-15(21)19-11(2)25-12(3)20(18)19/h5-6,8-9,14H,4,7,10H2,1-3H3/t14-/m0/s1. The second-order valence-electron chi connectivity index (χ2n) is 6.27. The summed E-state index contributed by atoms with van der Waals surface area (Å²) in [5, 5.41) is 0.